The fourth-order valence-corrected chi connectivity index (χ4v) is 7.12. The van der Waals surface area contributed by atoms with Crippen LogP contribution in [0.4, 0.5) is 0 Å². The fraction of sp³-hybridized carbons (Fsp3) is 0.826. The van der Waals surface area contributed by atoms with E-state index >= 15 is 0 Å². The van der Waals surface area contributed by atoms with E-state index in [0.717, 1.165) is 32.1 Å². The predicted molar refractivity (Wildman–Crippen MR) is 221 cm³/mol. The quantitative estimate of drug-likeness (QED) is 0.0532. The SMILES string of the molecule is CCCCC/C=C\C/C=C\CCCCCCCCC(O)(CCCCCCCC/C=C\C/C=C\CCCCC)CCCCN1CCN(C)CC1. The summed E-state index contributed by atoms with van der Waals surface area (Å²) in [6, 6.07) is 0. The Morgan fingerprint density at radius 1 is 0.429 bits per heavy atom. The molecule has 0 amide bonds. The molecule has 49 heavy (non-hydrogen) atoms. The first-order chi connectivity index (χ1) is 24.1. The Morgan fingerprint density at radius 2 is 0.776 bits per heavy atom. The highest BCUT2D eigenvalue weighted by molar-refractivity contribution is 4.93. The van der Waals surface area contributed by atoms with Crippen LogP contribution in [-0.4, -0.2) is 60.3 Å². The summed E-state index contributed by atoms with van der Waals surface area (Å²) >= 11 is 0. The molecule has 0 aromatic heterocycles. The molecule has 1 rings (SSSR count). The molecule has 1 N–H and O–H groups in total. The van der Waals surface area contributed by atoms with Gasteiger partial charge in [0.2, 0.25) is 0 Å². The number of likely N-dealkylation sites (N-methyl/N-ethyl adjacent to an activating group) is 1. The summed E-state index contributed by atoms with van der Waals surface area (Å²) in [5.74, 6) is 0. The minimum atomic E-state index is -0.438. The summed E-state index contributed by atoms with van der Waals surface area (Å²) < 4.78 is 0. The lowest BCUT2D eigenvalue weighted by Crippen LogP contribution is -2.44. The second kappa shape index (κ2) is 35.3. The molecule has 1 heterocycles. The maximum absolute atomic E-state index is 11.8. The van der Waals surface area contributed by atoms with Crippen LogP contribution in [0.3, 0.4) is 0 Å². The third kappa shape index (κ3) is 31.3. The van der Waals surface area contributed by atoms with Crippen molar-refractivity contribution in [3.8, 4) is 0 Å². The van der Waals surface area contributed by atoms with Gasteiger partial charge in [-0.1, -0.05) is 152 Å². The van der Waals surface area contributed by atoms with Crippen LogP contribution in [0.5, 0.6) is 0 Å². The highest BCUT2D eigenvalue weighted by Gasteiger charge is 2.25. The maximum Gasteiger partial charge on any atom is 0.0647 e. The molecule has 0 atom stereocenters. The van der Waals surface area contributed by atoms with E-state index in [4.69, 9.17) is 0 Å². The Balaban J connectivity index is 2.20. The lowest BCUT2D eigenvalue weighted by atomic mass is 9.85. The number of nitrogens with zero attached hydrogens (tertiary/aromatic N) is 2. The van der Waals surface area contributed by atoms with Gasteiger partial charge < -0.3 is 14.9 Å². The van der Waals surface area contributed by atoms with Gasteiger partial charge in [-0.25, -0.2) is 0 Å². The van der Waals surface area contributed by atoms with Gasteiger partial charge in [0.05, 0.1) is 5.60 Å². The van der Waals surface area contributed by atoms with Crippen LogP contribution in [0.25, 0.3) is 0 Å². The first-order valence-electron chi connectivity index (χ1n) is 21.8. The fourth-order valence-electron chi connectivity index (χ4n) is 7.12. The van der Waals surface area contributed by atoms with Crippen molar-refractivity contribution < 1.29 is 5.11 Å². The Morgan fingerprint density at radius 3 is 1.18 bits per heavy atom. The van der Waals surface area contributed by atoms with Crippen molar-refractivity contribution in [3.63, 3.8) is 0 Å². The van der Waals surface area contributed by atoms with Gasteiger partial charge in [-0.15, -0.1) is 0 Å². The summed E-state index contributed by atoms with van der Waals surface area (Å²) in [5, 5.41) is 11.8. The van der Waals surface area contributed by atoms with Crippen LogP contribution in [-0.2, 0) is 0 Å². The van der Waals surface area contributed by atoms with Gasteiger partial charge in [-0.05, 0) is 110 Å². The molecule has 1 saturated heterocycles. The Bertz CT molecular complexity index is 743. The van der Waals surface area contributed by atoms with Crippen molar-refractivity contribution in [2.24, 2.45) is 0 Å². The van der Waals surface area contributed by atoms with Gasteiger partial charge in [0, 0.05) is 26.2 Å². The number of piperazine rings is 1. The second-order valence-electron chi connectivity index (χ2n) is 15.5. The van der Waals surface area contributed by atoms with Gasteiger partial charge in [0.1, 0.15) is 0 Å². The monoisotopic (exact) mass is 683 g/mol. The number of allylic oxidation sites excluding steroid dienone is 8. The normalized spacial score (nSPS) is 15.3. The van der Waals surface area contributed by atoms with Crippen molar-refractivity contribution in [2.45, 2.75) is 206 Å². The van der Waals surface area contributed by atoms with Crippen LogP contribution < -0.4 is 0 Å². The molecule has 0 aromatic carbocycles. The van der Waals surface area contributed by atoms with Gasteiger partial charge in [-0.3, -0.25) is 0 Å². The van der Waals surface area contributed by atoms with Crippen LogP contribution in [0.2, 0.25) is 0 Å². The number of rotatable bonds is 35. The number of hydrogen-bond acceptors (Lipinski definition) is 3. The van der Waals surface area contributed by atoms with E-state index in [1.54, 1.807) is 0 Å². The van der Waals surface area contributed by atoms with Gasteiger partial charge in [0.15, 0.2) is 0 Å². The molecule has 0 spiro atoms. The lowest BCUT2D eigenvalue weighted by molar-refractivity contribution is 0.00637. The van der Waals surface area contributed by atoms with E-state index in [9.17, 15) is 5.11 Å². The smallest absolute Gasteiger partial charge is 0.0647 e. The molecule has 0 radical (unpaired) electrons. The molecule has 1 fully saturated rings. The van der Waals surface area contributed by atoms with E-state index in [1.807, 2.05) is 0 Å². The van der Waals surface area contributed by atoms with Gasteiger partial charge >= 0.3 is 0 Å². The average Bonchev–Trinajstić information content (AvgIpc) is 3.10. The van der Waals surface area contributed by atoms with E-state index in [1.165, 1.54) is 187 Å². The molecule has 0 bridgehead atoms. The molecule has 0 unspecified atom stereocenters. The minimum Gasteiger partial charge on any atom is -0.390 e. The molecule has 3 nitrogen and oxygen atoms in total. The van der Waals surface area contributed by atoms with E-state index in [2.05, 4.69) is 79.3 Å². The molecule has 0 aromatic rings. The zero-order valence-corrected chi connectivity index (χ0v) is 33.5. The Hall–Kier alpha value is -1.16. The van der Waals surface area contributed by atoms with Crippen LogP contribution in [0, 0.1) is 0 Å². The highest BCUT2D eigenvalue weighted by Crippen LogP contribution is 2.29. The van der Waals surface area contributed by atoms with Crippen LogP contribution in [0.15, 0.2) is 48.6 Å². The summed E-state index contributed by atoms with van der Waals surface area (Å²) in [6.07, 6.45) is 55.1. The number of aliphatic hydroxyl groups is 1. The van der Waals surface area contributed by atoms with Crippen molar-refractivity contribution >= 4 is 0 Å². The molecule has 1 aliphatic heterocycles. The molecule has 286 valence electrons. The molecule has 0 aliphatic carbocycles. The third-order valence-electron chi connectivity index (χ3n) is 10.6. The molecule has 0 saturated carbocycles. The largest absolute Gasteiger partial charge is 0.390 e. The summed E-state index contributed by atoms with van der Waals surface area (Å²) in [4.78, 5) is 5.07. The third-order valence-corrected chi connectivity index (χ3v) is 10.6. The second-order valence-corrected chi connectivity index (χ2v) is 15.5. The maximum atomic E-state index is 11.8. The first-order valence-corrected chi connectivity index (χ1v) is 21.8. The van der Waals surface area contributed by atoms with Crippen molar-refractivity contribution in [1.29, 1.82) is 0 Å². The summed E-state index contributed by atoms with van der Waals surface area (Å²) in [6.45, 7) is 10.6. The topological polar surface area (TPSA) is 26.7 Å². The van der Waals surface area contributed by atoms with E-state index < -0.39 is 5.60 Å². The van der Waals surface area contributed by atoms with E-state index in [0.29, 0.717) is 0 Å². The summed E-state index contributed by atoms with van der Waals surface area (Å²) in [5.41, 5.74) is -0.438. The zero-order chi connectivity index (χ0) is 35.4. The van der Waals surface area contributed by atoms with Crippen LogP contribution in [0.1, 0.15) is 200 Å². The Labute approximate surface area is 308 Å². The van der Waals surface area contributed by atoms with Crippen molar-refractivity contribution in [2.75, 3.05) is 39.8 Å². The standard InChI is InChI=1S/C46H86N2O/c1-4-6-8-10-12-14-16-18-20-22-24-26-28-30-32-34-38-46(49,40-36-37-41-48-44-42-47(3)43-45-48)39-35-33-31-29-27-25-23-21-19-17-15-13-11-9-7-5-2/h12-15,18-21,49H,4-11,16-17,22-45H2,1-3H3/b14-12-,15-13-,20-18-,21-19-. The predicted octanol–water partition coefficient (Wildman–Crippen LogP) is 13.5. The van der Waals surface area contributed by atoms with Crippen molar-refractivity contribution in [3.05, 3.63) is 48.6 Å². The minimum absolute atomic E-state index is 0.438. The lowest BCUT2D eigenvalue weighted by Gasteiger charge is -2.33. The Kier molecular flexibility index (Phi) is 33.0. The van der Waals surface area contributed by atoms with E-state index in [-0.39, 0.29) is 0 Å². The molecule has 1 aliphatic rings. The van der Waals surface area contributed by atoms with Gasteiger partial charge in [0.25, 0.3) is 0 Å². The molecular weight excluding hydrogens is 597 g/mol. The first kappa shape index (κ1) is 45.9. The zero-order valence-electron chi connectivity index (χ0n) is 33.5. The number of unbranched alkanes of at least 4 members (excludes halogenated alkanes) is 19. The molecular formula is C46H86N2O. The molecule has 3 heteroatoms. The summed E-state index contributed by atoms with van der Waals surface area (Å²) in [7, 11) is 2.24. The highest BCUT2D eigenvalue weighted by atomic mass is 16.3. The number of hydrogen-bond donors (Lipinski definition) is 1. The van der Waals surface area contributed by atoms with Crippen LogP contribution >= 0.6 is 0 Å². The van der Waals surface area contributed by atoms with Gasteiger partial charge in [-0.2, -0.15) is 0 Å². The van der Waals surface area contributed by atoms with Crippen molar-refractivity contribution in [1.82, 2.24) is 9.80 Å². The average molecular weight is 683 g/mol.